The van der Waals surface area contributed by atoms with E-state index >= 15 is 0 Å². The van der Waals surface area contributed by atoms with Crippen LogP contribution >= 0.6 is 0 Å². The fraction of sp³-hybridized carbons (Fsp3) is 0.400. The number of hydroxylamine groups is 1. The van der Waals surface area contributed by atoms with Crippen molar-refractivity contribution in [3.8, 4) is 0 Å². The Bertz CT molecular complexity index is 504. The summed E-state index contributed by atoms with van der Waals surface area (Å²) in [4.78, 5) is 0. The van der Waals surface area contributed by atoms with Gasteiger partial charge in [0, 0.05) is 12.5 Å². The average molecular weight is 243 g/mol. The van der Waals surface area contributed by atoms with Crippen LogP contribution in [0.1, 0.15) is 24.3 Å². The fourth-order valence-electron chi connectivity index (χ4n) is 3.06. The molecule has 2 unspecified atom stereocenters. The standard InChI is InChI=1S/C15H17NO2/c1-18-12-7-8-13-14(10-16(17)15(13)9-12)11-5-3-2-4-6-11/h2-6,9,13-14H,7-8,10H2,1H3. The van der Waals surface area contributed by atoms with Gasteiger partial charge in [-0.05, 0) is 12.0 Å². The van der Waals surface area contributed by atoms with Crippen LogP contribution in [0.25, 0.3) is 0 Å². The van der Waals surface area contributed by atoms with E-state index in [2.05, 4.69) is 12.1 Å². The van der Waals surface area contributed by atoms with Gasteiger partial charge in [-0.3, -0.25) is 0 Å². The normalized spacial score (nSPS) is 26.8. The largest absolute Gasteiger partial charge is 0.624 e. The molecule has 0 saturated heterocycles. The Kier molecular flexibility index (Phi) is 2.82. The zero-order valence-electron chi connectivity index (χ0n) is 10.5. The number of fused-ring (bicyclic) bond motifs is 1. The second kappa shape index (κ2) is 4.48. The summed E-state index contributed by atoms with van der Waals surface area (Å²) in [6.07, 6.45) is 3.87. The van der Waals surface area contributed by atoms with Crippen molar-refractivity contribution in [2.24, 2.45) is 5.92 Å². The number of rotatable bonds is 2. The van der Waals surface area contributed by atoms with E-state index < -0.39 is 0 Å². The van der Waals surface area contributed by atoms with E-state index in [0.29, 0.717) is 18.4 Å². The molecule has 1 aromatic carbocycles. The molecule has 94 valence electrons. The van der Waals surface area contributed by atoms with Crippen LogP contribution in [0, 0.1) is 11.1 Å². The first-order valence-corrected chi connectivity index (χ1v) is 6.40. The predicted octanol–water partition coefficient (Wildman–Crippen LogP) is 2.68. The topological polar surface area (TPSA) is 35.3 Å². The van der Waals surface area contributed by atoms with E-state index in [4.69, 9.17) is 4.74 Å². The lowest BCUT2D eigenvalue weighted by atomic mass is 9.80. The molecule has 1 aromatic rings. The van der Waals surface area contributed by atoms with Gasteiger partial charge in [0.05, 0.1) is 18.9 Å². The van der Waals surface area contributed by atoms with Gasteiger partial charge in [0.25, 0.3) is 0 Å². The van der Waals surface area contributed by atoms with Gasteiger partial charge in [-0.25, -0.2) is 4.74 Å². The van der Waals surface area contributed by atoms with Gasteiger partial charge in [0.1, 0.15) is 5.76 Å². The Labute approximate surface area is 107 Å². The summed E-state index contributed by atoms with van der Waals surface area (Å²) >= 11 is 0. The Morgan fingerprint density at radius 3 is 2.72 bits per heavy atom. The van der Waals surface area contributed by atoms with Crippen molar-refractivity contribution in [1.29, 1.82) is 0 Å². The second-order valence-electron chi connectivity index (χ2n) is 4.96. The Morgan fingerprint density at radius 1 is 1.22 bits per heavy atom. The molecule has 0 fully saturated rings. The SMILES string of the molecule is COC1=CC2=[N+]([O-])CC(c3ccccc3)C2CC1. The van der Waals surface area contributed by atoms with Gasteiger partial charge < -0.3 is 9.94 Å². The number of hydrogen-bond donors (Lipinski definition) is 0. The van der Waals surface area contributed by atoms with Crippen molar-refractivity contribution in [3.05, 3.63) is 52.9 Å². The van der Waals surface area contributed by atoms with Crippen molar-refractivity contribution in [3.63, 3.8) is 0 Å². The van der Waals surface area contributed by atoms with E-state index in [1.807, 2.05) is 24.3 Å². The van der Waals surface area contributed by atoms with Crippen LogP contribution in [0.3, 0.4) is 0 Å². The lowest BCUT2D eigenvalue weighted by Gasteiger charge is -2.20. The fourth-order valence-corrected chi connectivity index (χ4v) is 3.06. The number of hydrogen-bond acceptors (Lipinski definition) is 2. The van der Waals surface area contributed by atoms with Gasteiger partial charge in [-0.2, -0.15) is 0 Å². The summed E-state index contributed by atoms with van der Waals surface area (Å²) in [5, 5.41) is 12.0. The summed E-state index contributed by atoms with van der Waals surface area (Å²) in [5.41, 5.74) is 2.17. The molecule has 18 heavy (non-hydrogen) atoms. The molecule has 0 N–H and O–H groups in total. The van der Waals surface area contributed by atoms with Gasteiger partial charge in [-0.1, -0.05) is 30.3 Å². The van der Waals surface area contributed by atoms with Crippen LogP contribution in [-0.2, 0) is 4.74 Å². The maximum absolute atomic E-state index is 12.0. The molecule has 2 aliphatic rings. The zero-order chi connectivity index (χ0) is 12.5. The molecule has 0 saturated carbocycles. The van der Waals surface area contributed by atoms with Gasteiger partial charge >= 0.3 is 0 Å². The first kappa shape index (κ1) is 11.3. The summed E-state index contributed by atoms with van der Waals surface area (Å²) in [6, 6.07) is 10.3. The van der Waals surface area contributed by atoms with E-state index in [1.165, 1.54) is 5.56 Å². The van der Waals surface area contributed by atoms with Crippen molar-refractivity contribution < 1.29 is 9.48 Å². The maximum atomic E-state index is 12.0. The number of benzene rings is 1. The van der Waals surface area contributed by atoms with E-state index in [0.717, 1.165) is 29.1 Å². The Hall–Kier alpha value is -1.77. The molecule has 3 heteroatoms. The number of methoxy groups -OCH3 is 1. The van der Waals surface area contributed by atoms with Crippen LogP contribution in [0.4, 0.5) is 0 Å². The molecular weight excluding hydrogens is 226 g/mol. The minimum Gasteiger partial charge on any atom is -0.624 e. The average Bonchev–Trinajstić information content (AvgIpc) is 2.77. The van der Waals surface area contributed by atoms with Crippen LogP contribution in [0.15, 0.2) is 42.2 Å². The quantitative estimate of drug-likeness (QED) is 0.591. The number of allylic oxidation sites excluding steroid dienone is 2. The lowest BCUT2D eigenvalue weighted by molar-refractivity contribution is -0.450. The monoisotopic (exact) mass is 243 g/mol. The van der Waals surface area contributed by atoms with Crippen LogP contribution < -0.4 is 0 Å². The maximum Gasteiger partial charge on any atom is 0.194 e. The highest BCUT2D eigenvalue weighted by Crippen LogP contribution is 2.38. The van der Waals surface area contributed by atoms with Crippen LogP contribution in [-0.4, -0.2) is 24.1 Å². The molecule has 0 spiro atoms. The number of ether oxygens (including phenoxy) is 1. The third kappa shape index (κ3) is 1.80. The van der Waals surface area contributed by atoms with Crippen molar-refractivity contribution in [1.82, 2.24) is 0 Å². The highest BCUT2D eigenvalue weighted by atomic mass is 16.5. The lowest BCUT2D eigenvalue weighted by Crippen LogP contribution is -2.21. The predicted molar refractivity (Wildman–Crippen MR) is 70.5 cm³/mol. The van der Waals surface area contributed by atoms with Gasteiger partial charge in [-0.15, -0.1) is 0 Å². The third-order valence-electron chi connectivity index (χ3n) is 4.02. The van der Waals surface area contributed by atoms with E-state index in [1.54, 1.807) is 7.11 Å². The van der Waals surface area contributed by atoms with Gasteiger partial charge in [0.2, 0.25) is 0 Å². The molecule has 0 radical (unpaired) electrons. The Balaban J connectivity index is 1.91. The molecule has 1 aliphatic carbocycles. The molecule has 0 bridgehead atoms. The highest BCUT2D eigenvalue weighted by molar-refractivity contribution is 5.95. The van der Waals surface area contributed by atoms with Crippen molar-refractivity contribution in [2.75, 3.05) is 13.7 Å². The molecular formula is C15H17NO2. The van der Waals surface area contributed by atoms with Gasteiger partial charge in [0.15, 0.2) is 12.3 Å². The molecule has 3 rings (SSSR count). The van der Waals surface area contributed by atoms with Crippen LogP contribution in [0.2, 0.25) is 0 Å². The molecule has 3 nitrogen and oxygen atoms in total. The van der Waals surface area contributed by atoms with E-state index in [-0.39, 0.29) is 0 Å². The molecule has 2 atom stereocenters. The first-order chi connectivity index (χ1) is 8.79. The van der Waals surface area contributed by atoms with Crippen molar-refractivity contribution in [2.45, 2.75) is 18.8 Å². The Morgan fingerprint density at radius 2 is 2.00 bits per heavy atom. The second-order valence-corrected chi connectivity index (χ2v) is 4.96. The molecule has 0 amide bonds. The summed E-state index contributed by atoms with van der Waals surface area (Å²) in [6.45, 7) is 0.567. The third-order valence-corrected chi connectivity index (χ3v) is 4.02. The highest BCUT2D eigenvalue weighted by Gasteiger charge is 2.41. The summed E-state index contributed by atoms with van der Waals surface area (Å²) in [7, 11) is 1.67. The minimum atomic E-state index is 0.327. The number of nitrogens with zero attached hydrogens (tertiary/aromatic N) is 1. The summed E-state index contributed by atoms with van der Waals surface area (Å²) < 4.78 is 6.40. The zero-order valence-corrected chi connectivity index (χ0v) is 10.5. The van der Waals surface area contributed by atoms with Crippen molar-refractivity contribution >= 4 is 5.71 Å². The molecule has 1 aliphatic heterocycles. The first-order valence-electron chi connectivity index (χ1n) is 6.40. The smallest absolute Gasteiger partial charge is 0.194 e. The van der Waals surface area contributed by atoms with Crippen LogP contribution in [0.5, 0.6) is 0 Å². The minimum absolute atomic E-state index is 0.327. The molecule has 0 aromatic heterocycles. The summed E-state index contributed by atoms with van der Waals surface area (Å²) in [5.74, 6) is 1.60. The van der Waals surface area contributed by atoms with E-state index in [9.17, 15) is 5.21 Å². The molecule has 1 heterocycles.